The third-order valence-electron chi connectivity index (χ3n) is 4.82. The van der Waals surface area contributed by atoms with E-state index in [1.165, 1.54) is 13.2 Å². The highest BCUT2D eigenvalue weighted by Crippen LogP contribution is 2.32. The van der Waals surface area contributed by atoms with E-state index in [4.69, 9.17) is 17.0 Å². The zero-order chi connectivity index (χ0) is 21.0. The number of thiocarbonyl (C=S) groups is 1. The predicted molar refractivity (Wildman–Crippen MR) is 115 cm³/mol. The van der Waals surface area contributed by atoms with Gasteiger partial charge in [0.05, 0.1) is 18.1 Å². The highest BCUT2D eigenvalue weighted by atomic mass is 32.1. The van der Waals surface area contributed by atoms with Gasteiger partial charge in [-0.15, -0.1) is 0 Å². The first-order valence-corrected chi connectivity index (χ1v) is 9.54. The number of nitro benzene ring substituents is 1. The molecule has 1 aliphatic heterocycles. The van der Waals surface area contributed by atoms with Crippen LogP contribution in [0.25, 0.3) is 0 Å². The van der Waals surface area contributed by atoms with Gasteiger partial charge in [-0.1, -0.05) is 17.7 Å². The molecule has 8 nitrogen and oxygen atoms in total. The molecule has 0 spiro atoms. The summed E-state index contributed by atoms with van der Waals surface area (Å²) < 4.78 is 5.09. The molecule has 1 N–H and O–H groups in total. The second-order valence-corrected chi connectivity index (χ2v) is 7.10. The van der Waals surface area contributed by atoms with Crippen LogP contribution in [0.5, 0.6) is 5.75 Å². The van der Waals surface area contributed by atoms with Gasteiger partial charge in [-0.05, 0) is 43.4 Å². The first-order chi connectivity index (χ1) is 13.9. The van der Waals surface area contributed by atoms with E-state index >= 15 is 0 Å². The van der Waals surface area contributed by atoms with Crippen LogP contribution in [0.15, 0.2) is 42.5 Å². The number of nitro groups is 1. The molecule has 1 amide bonds. The first kappa shape index (κ1) is 20.5. The molecule has 29 heavy (non-hydrogen) atoms. The largest absolute Gasteiger partial charge is 0.496 e. The fourth-order valence-electron chi connectivity index (χ4n) is 3.15. The second-order valence-electron chi connectivity index (χ2n) is 6.71. The number of nitrogens with zero attached hydrogens (tertiary/aromatic N) is 3. The molecule has 0 saturated carbocycles. The smallest absolute Gasteiger partial charge is 0.296 e. The molecular formula is C20H22N4O4S. The summed E-state index contributed by atoms with van der Waals surface area (Å²) in [5.41, 5.74) is 2.18. The maximum absolute atomic E-state index is 12.4. The minimum absolute atomic E-state index is 0.00745. The van der Waals surface area contributed by atoms with Crippen LogP contribution in [0.4, 0.5) is 11.4 Å². The van der Waals surface area contributed by atoms with Crippen molar-refractivity contribution in [3.8, 4) is 5.75 Å². The van der Waals surface area contributed by atoms with Crippen LogP contribution in [0.3, 0.4) is 0 Å². The predicted octanol–water partition coefficient (Wildman–Crippen LogP) is 2.75. The van der Waals surface area contributed by atoms with E-state index in [0.717, 1.165) is 5.56 Å². The van der Waals surface area contributed by atoms with Crippen LogP contribution in [-0.2, 0) is 0 Å². The van der Waals surface area contributed by atoms with Gasteiger partial charge in [0, 0.05) is 31.7 Å². The van der Waals surface area contributed by atoms with Crippen LogP contribution in [0.1, 0.15) is 15.9 Å². The fraction of sp³-hybridized carbons (Fsp3) is 0.300. The monoisotopic (exact) mass is 414 g/mol. The molecule has 1 saturated heterocycles. The zero-order valence-electron chi connectivity index (χ0n) is 16.3. The van der Waals surface area contributed by atoms with Gasteiger partial charge in [0.1, 0.15) is 11.4 Å². The van der Waals surface area contributed by atoms with Crippen LogP contribution in [0.2, 0.25) is 0 Å². The van der Waals surface area contributed by atoms with E-state index in [1.807, 2.05) is 28.9 Å². The molecule has 1 heterocycles. The van der Waals surface area contributed by atoms with Crippen molar-refractivity contribution < 1.29 is 14.5 Å². The van der Waals surface area contributed by atoms with Gasteiger partial charge in [-0.2, -0.15) is 0 Å². The first-order valence-electron chi connectivity index (χ1n) is 9.13. The normalized spacial score (nSPS) is 13.7. The van der Waals surface area contributed by atoms with Gasteiger partial charge in [-0.25, -0.2) is 0 Å². The van der Waals surface area contributed by atoms with Gasteiger partial charge >= 0.3 is 0 Å². The van der Waals surface area contributed by atoms with E-state index in [2.05, 4.69) is 5.32 Å². The van der Waals surface area contributed by atoms with Crippen molar-refractivity contribution in [2.45, 2.75) is 6.92 Å². The number of methoxy groups -OCH3 is 1. The number of rotatable bonds is 4. The number of nitrogens with one attached hydrogen (secondary N) is 1. The van der Waals surface area contributed by atoms with Gasteiger partial charge in [0.2, 0.25) is 0 Å². The lowest BCUT2D eigenvalue weighted by atomic mass is 10.1. The Hall–Kier alpha value is -3.20. The van der Waals surface area contributed by atoms with Gasteiger partial charge in [-0.3, -0.25) is 20.2 Å². The van der Waals surface area contributed by atoms with Gasteiger partial charge < -0.3 is 14.5 Å². The number of benzene rings is 2. The number of hydrogen-bond acceptors (Lipinski definition) is 6. The quantitative estimate of drug-likeness (QED) is 0.468. The molecule has 152 valence electrons. The fourth-order valence-corrected chi connectivity index (χ4v) is 3.42. The summed E-state index contributed by atoms with van der Waals surface area (Å²) in [6, 6.07) is 12.1. The summed E-state index contributed by atoms with van der Waals surface area (Å²) in [5.74, 6) is 0.197. The summed E-state index contributed by atoms with van der Waals surface area (Å²) in [5, 5.41) is 14.5. The molecule has 0 bridgehead atoms. The Morgan fingerprint density at radius 2 is 1.79 bits per heavy atom. The molecule has 2 aromatic rings. The number of carbonyl (C=O) groups excluding carboxylic acids is 1. The van der Waals surface area contributed by atoms with E-state index in [1.54, 1.807) is 24.3 Å². The maximum Gasteiger partial charge on any atom is 0.296 e. The van der Waals surface area contributed by atoms with Crippen molar-refractivity contribution in [2.24, 2.45) is 0 Å². The van der Waals surface area contributed by atoms with Crippen molar-refractivity contribution in [1.82, 2.24) is 10.2 Å². The molecule has 0 atom stereocenters. The Kier molecular flexibility index (Phi) is 6.28. The number of piperazine rings is 1. The Balaban J connectivity index is 1.61. The standard InChI is InChI=1S/C20H22N4O4S/c1-14-3-5-15(6-4-14)19(25)21-20(29)23-11-9-22(10-12-23)17-8-7-16(28-2)13-18(17)24(26)27/h3-8,13H,9-12H2,1-2H3,(H,21,25,29). The zero-order valence-corrected chi connectivity index (χ0v) is 17.1. The third-order valence-corrected chi connectivity index (χ3v) is 5.18. The lowest BCUT2D eigenvalue weighted by Crippen LogP contribution is -2.52. The minimum atomic E-state index is -0.406. The third kappa shape index (κ3) is 4.80. The van der Waals surface area contributed by atoms with Crippen LogP contribution in [0, 0.1) is 17.0 Å². The molecule has 9 heteroatoms. The second kappa shape index (κ2) is 8.87. The van der Waals surface area contributed by atoms with Crippen LogP contribution < -0.4 is 15.0 Å². The molecule has 1 fully saturated rings. The maximum atomic E-state index is 12.4. The highest BCUT2D eigenvalue weighted by molar-refractivity contribution is 7.80. The minimum Gasteiger partial charge on any atom is -0.496 e. The summed E-state index contributed by atoms with van der Waals surface area (Å²) in [7, 11) is 1.48. The number of hydrogen-bond donors (Lipinski definition) is 1. The Morgan fingerprint density at radius 1 is 1.14 bits per heavy atom. The summed E-state index contributed by atoms with van der Waals surface area (Å²) in [6.45, 7) is 4.16. The van der Waals surface area contributed by atoms with Crippen LogP contribution >= 0.6 is 12.2 Å². The van der Waals surface area contributed by atoms with E-state index in [0.29, 0.717) is 48.3 Å². The van der Waals surface area contributed by atoms with Crippen molar-refractivity contribution in [1.29, 1.82) is 0 Å². The Labute approximate surface area is 174 Å². The molecule has 3 rings (SSSR count). The number of aryl methyl sites for hydroxylation is 1. The number of amides is 1. The molecule has 0 unspecified atom stereocenters. The number of carbonyl (C=O) groups is 1. The summed E-state index contributed by atoms with van der Waals surface area (Å²) in [4.78, 5) is 27.2. The van der Waals surface area contributed by atoms with Gasteiger partial charge in [0.25, 0.3) is 11.6 Å². The SMILES string of the molecule is COc1ccc(N2CCN(C(=S)NC(=O)c3ccc(C)cc3)CC2)c([N+](=O)[O-])c1. The van der Waals surface area contributed by atoms with Crippen molar-refractivity contribution in [2.75, 3.05) is 38.2 Å². The molecular weight excluding hydrogens is 392 g/mol. The molecule has 1 aliphatic rings. The summed E-state index contributed by atoms with van der Waals surface area (Å²) in [6.07, 6.45) is 0. The number of anilines is 1. The molecule has 0 radical (unpaired) electrons. The topological polar surface area (TPSA) is 88.0 Å². The number of ether oxygens (including phenoxy) is 1. The van der Waals surface area contributed by atoms with E-state index in [9.17, 15) is 14.9 Å². The molecule has 0 aromatic heterocycles. The average Bonchev–Trinajstić information content (AvgIpc) is 2.73. The lowest BCUT2D eigenvalue weighted by Gasteiger charge is -2.37. The summed E-state index contributed by atoms with van der Waals surface area (Å²) >= 11 is 5.38. The van der Waals surface area contributed by atoms with Gasteiger partial charge in [0.15, 0.2) is 5.11 Å². The van der Waals surface area contributed by atoms with E-state index in [-0.39, 0.29) is 11.6 Å². The van der Waals surface area contributed by atoms with E-state index < -0.39 is 4.92 Å². The average molecular weight is 414 g/mol. The van der Waals surface area contributed by atoms with Crippen molar-refractivity contribution >= 4 is 34.6 Å². The molecule has 2 aromatic carbocycles. The lowest BCUT2D eigenvalue weighted by molar-refractivity contribution is -0.384. The highest BCUT2D eigenvalue weighted by Gasteiger charge is 2.25. The molecule has 0 aliphatic carbocycles. The Bertz CT molecular complexity index is 925. The van der Waals surface area contributed by atoms with Crippen molar-refractivity contribution in [3.05, 3.63) is 63.7 Å². The Morgan fingerprint density at radius 3 is 2.38 bits per heavy atom. The van der Waals surface area contributed by atoms with Crippen molar-refractivity contribution in [3.63, 3.8) is 0 Å². The van der Waals surface area contributed by atoms with Crippen LogP contribution in [-0.4, -0.2) is 54.1 Å².